The molecular formula is C18H17NO. The largest absolute Gasteiger partial charge is 0.387 e. The topological polar surface area (TPSA) is 21.6 Å². The van der Waals surface area contributed by atoms with Crippen LogP contribution in [0.1, 0.15) is 19.4 Å². The van der Waals surface area contributed by atoms with Crippen molar-refractivity contribution in [3.8, 4) is 0 Å². The molecule has 2 heteroatoms. The van der Waals surface area contributed by atoms with E-state index < -0.39 is 0 Å². The Morgan fingerprint density at radius 2 is 1.95 bits per heavy atom. The van der Waals surface area contributed by atoms with E-state index in [0.29, 0.717) is 0 Å². The number of rotatable bonds is 1. The average Bonchev–Trinajstić information content (AvgIpc) is 2.90. The summed E-state index contributed by atoms with van der Waals surface area (Å²) in [6, 6.07) is 10.6. The molecule has 0 aromatic heterocycles. The minimum atomic E-state index is -0.0624. The fourth-order valence-corrected chi connectivity index (χ4v) is 3.40. The molecule has 1 aromatic rings. The van der Waals surface area contributed by atoms with Crippen molar-refractivity contribution in [1.82, 2.24) is 0 Å². The van der Waals surface area contributed by atoms with E-state index in [4.69, 9.17) is 4.84 Å². The fraction of sp³-hybridized carbons (Fsp3) is 0.278. The van der Waals surface area contributed by atoms with Gasteiger partial charge >= 0.3 is 0 Å². The molecular weight excluding hydrogens is 246 g/mol. The van der Waals surface area contributed by atoms with Crippen molar-refractivity contribution in [3.63, 3.8) is 0 Å². The molecule has 0 spiro atoms. The van der Waals surface area contributed by atoms with E-state index in [1.54, 1.807) is 0 Å². The van der Waals surface area contributed by atoms with Crippen LogP contribution in [0.3, 0.4) is 0 Å². The summed E-state index contributed by atoms with van der Waals surface area (Å²) in [5.41, 5.74) is 5.01. The van der Waals surface area contributed by atoms with Crippen LogP contribution in [0.15, 0.2) is 65.4 Å². The van der Waals surface area contributed by atoms with Gasteiger partial charge in [-0.15, -0.1) is 0 Å². The van der Waals surface area contributed by atoms with Crippen LogP contribution in [0.5, 0.6) is 0 Å². The molecule has 0 fully saturated rings. The summed E-state index contributed by atoms with van der Waals surface area (Å²) in [5, 5.41) is 4.36. The van der Waals surface area contributed by atoms with E-state index in [9.17, 15) is 0 Å². The van der Waals surface area contributed by atoms with Crippen LogP contribution in [0.2, 0.25) is 0 Å². The van der Waals surface area contributed by atoms with Gasteiger partial charge in [0.1, 0.15) is 0 Å². The molecule has 1 aromatic carbocycles. The first-order chi connectivity index (χ1) is 9.67. The van der Waals surface area contributed by atoms with Gasteiger partial charge in [-0.2, -0.15) is 0 Å². The second kappa shape index (κ2) is 3.95. The Balaban J connectivity index is 1.93. The molecule has 0 saturated heterocycles. The smallest absolute Gasteiger partial charge is 0.158 e. The minimum absolute atomic E-state index is 0.0624. The zero-order valence-electron chi connectivity index (χ0n) is 11.7. The van der Waals surface area contributed by atoms with Gasteiger partial charge in [-0.05, 0) is 22.8 Å². The molecule has 2 atom stereocenters. The minimum Gasteiger partial charge on any atom is -0.387 e. The maximum atomic E-state index is 5.62. The number of hydrogen-bond donors (Lipinski definition) is 0. The van der Waals surface area contributed by atoms with Crippen LogP contribution in [0, 0.1) is 11.3 Å². The lowest BCUT2D eigenvalue weighted by molar-refractivity contribution is 0.104. The van der Waals surface area contributed by atoms with Crippen molar-refractivity contribution in [2.75, 3.05) is 0 Å². The molecule has 0 unspecified atom stereocenters. The van der Waals surface area contributed by atoms with Crippen LogP contribution in [-0.4, -0.2) is 11.8 Å². The molecule has 0 amide bonds. The van der Waals surface area contributed by atoms with Gasteiger partial charge in [0.05, 0.1) is 11.6 Å². The Hall–Kier alpha value is -2.09. The Morgan fingerprint density at radius 3 is 2.75 bits per heavy atom. The van der Waals surface area contributed by atoms with Gasteiger partial charge in [-0.3, -0.25) is 0 Å². The Morgan fingerprint density at radius 1 is 1.15 bits per heavy atom. The van der Waals surface area contributed by atoms with Crippen molar-refractivity contribution in [2.24, 2.45) is 16.5 Å². The first-order valence-corrected chi connectivity index (χ1v) is 7.08. The van der Waals surface area contributed by atoms with Crippen molar-refractivity contribution in [1.29, 1.82) is 0 Å². The van der Waals surface area contributed by atoms with Gasteiger partial charge in [-0.25, -0.2) is 0 Å². The molecule has 2 nitrogen and oxygen atoms in total. The Labute approximate surface area is 119 Å². The number of oxime groups is 1. The number of nitrogens with zero attached hydrogens (tertiary/aromatic N) is 1. The molecule has 0 radical (unpaired) electrons. The fourth-order valence-electron chi connectivity index (χ4n) is 3.40. The molecule has 4 rings (SSSR count). The van der Waals surface area contributed by atoms with Crippen LogP contribution >= 0.6 is 0 Å². The molecule has 1 aliphatic heterocycles. The van der Waals surface area contributed by atoms with Gasteiger partial charge in [-0.1, -0.05) is 67.6 Å². The van der Waals surface area contributed by atoms with Crippen LogP contribution in [0.4, 0.5) is 0 Å². The van der Waals surface area contributed by atoms with E-state index in [1.807, 2.05) is 0 Å². The van der Waals surface area contributed by atoms with E-state index in [0.717, 1.165) is 5.71 Å². The number of hydrogen-bond acceptors (Lipinski definition) is 2. The van der Waals surface area contributed by atoms with Crippen molar-refractivity contribution in [2.45, 2.75) is 20.0 Å². The molecule has 3 aliphatic rings. The van der Waals surface area contributed by atoms with Crippen molar-refractivity contribution >= 4 is 11.3 Å². The van der Waals surface area contributed by atoms with E-state index in [2.05, 4.69) is 73.6 Å². The predicted octanol–water partition coefficient (Wildman–Crippen LogP) is 3.98. The van der Waals surface area contributed by atoms with Crippen molar-refractivity contribution in [3.05, 3.63) is 65.8 Å². The maximum absolute atomic E-state index is 5.62. The normalized spacial score (nSPS) is 29.0. The lowest BCUT2D eigenvalue weighted by Crippen LogP contribution is -2.37. The zero-order chi connectivity index (χ0) is 13.7. The monoisotopic (exact) mass is 263 g/mol. The summed E-state index contributed by atoms with van der Waals surface area (Å²) in [7, 11) is 0. The highest BCUT2D eigenvalue weighted by molar-refractivity contribution is 6.05. The lowest BCUT2D eigenvalue weighted by atomic mass is 9.66. The summed E-state index contributed by atoms with van der Waals surface area (Å²) in [6.07, 6.45) is 8.80. The molecule has 100 valence electrons. The van der Waals surface area contributed by atoms with Gasteiger partial charge in [0.15, 0.2) is 6.10 Å². The highest BCUT2D eigenvalue weighted by Gasteiger charge is 2.47. The van der Waals surface area contributed by atoms with Gasteiger partial charge < -0.3 is 4.84 Å². The Bertz CT molecular complexity index is 677. The van der Waals surface area contributed by atoms with E-state index in [-0.39, 0.29) is 17.4 Å². The average molecular weight is 263 g/mol. The molecule has 0 bridgehead atoms. The summed E-state index contributed by atoms with van der Waals surface area (Å²) in [5.74, 6) is 0.273. The first kappa shape index (κ1) is 11.7. The SMILES string of the molecule is CC1(C)C=C(c2ccccc2)C2=CC=C[C@H]3ON=C1[C@@H]23. The Kier molecular flexibility index (Phi) is 2.31. The summed E-state index contributed by atoms with van der Waals surface area (Å²) < 4.78 is 0. The first-order valence-electron chi connectivity index (χ1n) is 7.08. The highest BCUT2D eigenvalue weighted by atomic mass is 16.6. The van der Waals surface area contributed by atoms with Crippen LogP contribution in [-0.2, 0) is 4.84 Å². The van der Waals surface area contributed by atoms with Crippen molar-refractivity contribution < 1.29 is 4.84 Å². The molecule has 20 heavy (non-hydrogen) atoms. The van der Waals surface area contributed by atoms with Gasteiger partial charge in [0.25, 0.3) is 0 Å². The van der Waals surface area contributed by atoms with E-state index in [1.165, 1.54) is 16.7 Å². The standard InChI is InChI=1S/C18H17NO/c1-18(2)11-14(12-7-4-3-5-8-12)13-9-6-10-15-16(13)17(18)19-20-15/h3-11,15-16H,1-2H3/t15-,16+/m1/s1. The molecule has 1 heterocycles. The molecule has 0 saturated carbocycles. The quantitative estimate of drug-likeness (QED) is 0.751. The predicted molar refractivity (Wildman–Crippen MR) is 81.2 cm³/mol. The number of benzene rings is 1. The van der Waals surface area contributed by atoms with Crippen LogP contribution < -0.4 is 0 Å². The van der Waals surface area contributed by atoms with Gasteiger partial charge in [0, 0.05) is 5.41 Å². The summed E-state index contributed by atoms with van der Waals surface area (Å²) in [4.78, 5) is 5.62. The highest BCUT2D eigenvalue weighted by Crippen LogP contribution is 2.48. The molecule has 0 N–H and O–H groups in total. The lowest BCUT2D eigenvalue weighted by Gasteiger charge is -2.36. The second-order valence-corrected chi connectivity index (χ2v) is 6.18. The number of allylic oxidation sites excluding steroid dienone is 4. The third-order valence-electron chi connectivity index (χ3n) is 4.37. The third kappa shape index (κ3) is 1.54. The molecule has 2 aliphatic carbocycles. The second-order valence-electron chi connectivity index (χ2n) is 6.18. The maximum Gasteiger partial charge on any atom is 0.158 e. The van der Waals surface area contributed by atoms with Crippen LogP contribution in [0.25, 0.3) is 5.57 Å². The third-order valence-corrected chi connectivity index (χ3v) is 4.37. The van der Waals surface area contributed by atoms with Gasteiger partial charge in [0.2, 0.25) is 0 Å². The van der Waals surface area contributed by atoms with E-state index >= 15 is 0 Å². The summed E-state index contributed by atoms with van der Waals surface area (Å²) >= 11 is 0. The zero-order valence-corrected chi connectivity index (χ0v) is 11.7. The summed E-state index contributed by atoms with van der Waals surface area (Å²) in [6.45, 7) is 4.44.